The highest BCUT2D eigenvalue weighted by molar-refractivity contribution is 8.00. The van der Waals surface area contributed by atoms with Gasteiger partial charge in [-0.15, -0.1) is 10.2 Å². The Morgan fingerprint density at radius 2 is 1.67 bits per heavy atom. The molecule has 0 N–H and O–H groups in total. The van der Waals surface area contributed by atoms with Crippen LogP contribution < -0.4 is 4.90 Å². The van der Waals surface area contributed by atoms with E-state index in [1.54, 1.807) is 29.2 Å². The monoisotopic (exact) mass is 457 g/mol. The summed E-state index contributed by atoms with van der Waals surface area (Å²) in [4.78, 5) is 26.5. The molecule has 1 amide bonds. The molecule has 2 heterocycles. The van der Waals surface area contributed by atoms with Gasteiger partial charge in [0.1, 0.15) is 16.5 Å². The van der Waals surface area contributed by atoms with Crippen molar-refractivity contribution in [3.05, 3.63) is 84.2 Å². The lowest BCUT2D eigenvalue weighted by molar-refractivity contribution is -0.117. The van der Waals surface area contributed by atoms with Crippen molar-refractivity contribution in [3.8, 4) is 11.3 Å². The standard InChI is InChI=1S/C26H20FN3O2S/c27-19-11-7-18(8-12-19)25-21-4-1-2-5-22(21)26(29-28-25)33-16-23(31)17-9-13-20(14-10-17)30-15-3-6-24(30)32/h1-2,4-5,7-14H,3,6,15-16H2. The van der Waals surface area contributed by atoms with Crippen LogP contribution in [-0.2, 0) is 4.79 Å². The molecule has 0 unspecified atom stereocenters. The van der Waals surface area contributed by atoms with Gasteiger partial charge in [0.15, 0.2) is 5.78 Å². The third kappa shape index (κ3) is 4.36. The van der Waals surface area contributed by atoms with Crippen LogP contribution in [0.5, 0.6) is 0 Å². The normalized spacial score (nSPS) is 13.6. The SMILES string of the molecule is O=C(CSc1nnc(-c2ccc(F)cc2)c2ccccc12)c1ccc(N2CCCC2=O)cc1. The Morgan fingerprint density at radius 3 is 2.36 bits per heavy atom. The third-order valence-electron chi connectivity index (χ3n) is 5.69. The zero-order valence-electron chi connectivity index (χ0n) is 17.7. The Labute approximate surface area is 194 Å². The first kappa shape index (κ1) is 21.3. The van der Waals surface area contributed by atoms with Gasteiger partial charge in [0.2, 0.25) is 5.91 Å². The van der Waals surface area contributed by atoms with E-state index in [4.69, 9.17) is 0 Å². The highest BCUT2D eigenvalue weighted by Crippen LogP contribution is 2.32. The summed E-state index contributed by atoms with van der Waals surface area (Å²) in [5.41, 5.74) is 2.88. The smallest absolute Gasteiger partial charge is 0.227 e. The Bertz CT molecular complexity index is 1340. The molecule has 33 heavy (non-hydrogen) atoms. The van der Waals surface area contributed by atoms with Crippen molar-refractivity contribution in [2.45, 2.75) is 17.9 Å². The largest absolute Gasteiger partial charge is 0.312 e. The van der Waals surface area contributed by atoms with E-state index >= 15 is 0 Å². The van der Waals surface area contributed by atoms with Crippen molar-refractivity contribution < 1.29 is 14.0 Å². The number of anilines is 1. The van der Waals surface area contributed by atoms with Gasteiger partial charge in [0, 0.05) is 40.6 Å². The summed E-state index contributed by atoms with van der Waals surface area (Å²) in [7, 11) is 0. The lowest BCUT2D eigenvalue weighted by atomic mass is 10.1. The second-order valence-corrected chi connectivity index (χ2v) is 8.78. The minimum atomic E-state index is -0.304. The van der Waals surface area contributed by atoms with Crippen molar-refractivity contribution in [2.24, 2.45) is 0 Å². The molecule has 0 radical (unpaired) electrons. The fourth-order valence-corrected chi connectivity index (χ4v) is 4.84. The number of rotatable bonds is 6. The predicted molar refractivity (Wildman–Crippen MR) is 128 cm³/mol. The molecule has 4 aromatic rings. The summed E-state index contributed by atoms with van der Waals surface area (Å²) < 4.78 is 13.3. The van der Waals surface area contributed by atoms with E-state index in [1.165, 1.54) is 23.9 Å². The van der Waals surface area contributed by atoms with E-state index in [0.29, 0.717) is 22.7 Å². The minimum absolute atomic E-state index is 0.0206. The summed E-state index contributed by atoms with van der Waals surface area (Å²) in [5.74, 6) is 0.0186. The van der Waals surface area contributed by atoms with Gasteiger partial charge in [-0.25, -0.2) is 4.39 Å². The Hall–Kier alpha value is -3.58. The zero-order chi connectivity index (χ0) is 22.8. The summed E-state index contributed by atoms with van der Waals surface area (Å²) in [5, 5.41) is 11.2. The van der Waals surface area contributed by atoms with Crippen LogP contribution in [0.4, 0.5) is 10.1 Å². The van der Waals surface area contributed by atoms with Gasteiger partial charge in [0.05, 0.1) is 5.75 Å². The molecule has 7 heteroatoms. The Morgan fingerprint density at radius 1 is 0.939 bits per heavy atom. The lowest BCUT2D eigenvalue weighted by Crippen LogP contribution is -2.23. The number of fused-ring (bicyclic) bond motifs is 1. The van der Waals surface area contributed by atoms with Crippen LogP contribution in [0.25, 0.3) is 22.0 Å². The number of ketones is 1. The van der Waals surface area contributed by atoms with Crippen LogP contribution in [0.1, 0.15) is 23.2 Å². The van der Waals surface area contributed by atoms with Crippen LogP contribution in [0.2, 0.25) is 0 Å². The number of Topliss-reactive ketones (excluding diaryl/α,β-unsaturated/α-hetero) is 1. The molecule has 0 bridgehead atoms. The molecule has 5 rings (SSSR count). The number of hydrogen-bond acceptors (Lipinski definition) is 5. The maximum Gasteiger partial charge on any atom is 0.227 e. The molecule has 0 atom stereocenters. The molecule has 1 aliphatic heterocycles. The highest BCUT2D eigenvalue weighted by atomic mass is 32.2. The van der Waals surface area contributed by atoms with Crippen molar-refractivity contribution >= 4 is 39.9 Å². The average molecular weight is 458 g/mol. The van der Waals surface area contributed by atoms with E-state index in [0.717, 1.165) is 35.0 Å². The number of benzene rings is 3. The first-order valence-electron chi connectivity index (χ1n) is 10.7. The van der Waals surface area contributed by atoms with E-state index in [1.807, 2.05) is 36.4 Å². The van der Waals surface area contributed by atoms with E-state index in [-0.39, 0.29) is 23.3 Å². The number of carbonyl (C=O) groups is 2. The van der Waals surface area contributed by atoms with Crippen molar-refractivity contribution in [1.29, 1.82) is 0 Å². The van der Waals surface area contributed by atoms with Crippen LogP contribution in [-0.4, -0.2) is 34.2 Å². The quantitative estimate of drug-likeness (QED) is 0.281. The van der Waals surface area contributed by atoms with Crippen molar-refractivity contribution in [2.75, 3.05) is 17.2 Å². The molecule has 1 fully saturated rings. The molecule has 0 saturated carbocycles. The van der Waals surface area contributed by atoms with E-state index < -0.39 is 0 Å². The lowest BCUT2D eigenvalue weighted by Gasteiger charge is -2.15. The first-order valence-corrected chi connectivity index (χ1v) is 11.7. The second-order valence-electron chi connectivity index (χ2n) is 7.81. The summed E-state index contributed by atoms with van der Waals surface area (Å²) in [6, 6.07) is 21.1. The van der Waals surface area contributed by atoms with Crippen LogP contribution in [0.3, 0.4) is 0 Å². The van der Waals surface area contributed by atoms with Gasteiger partial charge in [-0.1, -0.05) is 36.0 Å². The number of halogens is 1. The first-order chi connectivity index (χ1) is 16.1. The third-order valence-corrected chi connectivity index (χ3v) is 6.67. The maximum absolute atomic E-state index is 13.3. The van der Waals surface area contributed by atoms with Gasteiger partial charge < -0.3 is 4.90 Å². The molecule has 0 aliphatic carbocycles. The summed E-state index contributed by atoms with van der Waals surface area (Å²) >= 11 is 1.34. The zero-order valence-corrected chi connectivity index (χ0v) is 18.5. The number of aromatic nitrogens is 2. The van der Waals surface area contributed by atoms with E-state index in [2.05, 4.69) is 10.2 Å². The summed E-state index contributed by atoms with van der Waals surface area (Å²) in [6.45, 7) is 0.724. The minimum Gasteiger partial charge on any atom is -0.312 e. The fourth-order valence-electron chi connectivity index (χ4n) is 3.97. The topological polar surface area (TPSA) is 63.2 Å². The molecular formula is C26H20FN3O2S. The molecule has 1 aromatic heterocycles. The average Bonchev–Trinajstić information content (AvgIpc) is 3.29. The summed E-state index contributed by atoms with van der Waals surface area (Å²) in [6.07, 6.45) is 1.44. The van der Waals surface area contributed by atoms with Crippen molar-refractivity contribution in [1.82, 2.24) is 10.2 Å². The van der Waals surface area contributed by atoms with Gasteiger partial charge in [0.25, 0.3) is 0 Å². The molecular weight excluding hydrogens is 437 g/mol. The second kappa shape index (κ2) is 9.11. The van der Waals surface area contributed by atoms with E-state index in [9.17, 15) is 14.0 Å². The van der Waals surface area contributed by atoms with Gasteiger partial charge in [-0.2, -0.15) is 0 Å². The highest BCUT2D eigenvalue weighted by Gasteiger charge is 2.22. The maximum atomic E-state index is 13.3. The number of nitrogens with zero attached hydrogens (tertiary/aromatic N) is 3. The molecule has 5 nitrogen and oxygen atoms in total. The number of thioether (sulfide) groups is 1. The number of hydrogen-bond donors (Lipinski definition) is 0. The molecule has 0 spiro atoms. The van der Waals surface area contributed by atoms with Gasteiger partial charge in [-0.3, -0.25) is 9.59 Å². The number of amides is 1. The number of carbonyl (C=O) groups excluding carboxylic acids is 2. The molecule has 1 saturated heterocycles. The molecule has 1 aliphatic rings. The van der Waals surface area contributed by atoms with Crippen LogP contribution in [0, 0.1) is 5.82 Å². The Kier molecular flexibility index (Phi) is 5.88. The molecule has 3 aromatic carbocycles. The fraction of sp³-hybridized carbons (Fsp3) is 0.154. The van der Waals surface area contributed by atoms with Crippen LogP contribution in [0.15, 0.2) is 77.8 Å². The van der Waals surface area contributed by atoms with Crippen LogP contribution >= 0.6 is 11.8 Å². The van der Waals surface area contributed by atoms with Gasteiger partial charge >= 0.3 is 0 Å². The van der Waals surface area contributed by atoms with Gasteiger partial charge in [-0.05, 0) is 55.0 Å². The predicted octanol–water partition coefficient (Wildman–Crippen LogP) is 5.54. The molecule has 164 valence electrons. The Balaban J connectivity index is 1.34. The van der Waals surface area contributed by atoms with Crippen molar-refractivity contribution in [3.63, 3.8) is 0 Å².